The molecule has 0 spiro atoms. The number of nitrogens with one attached hydrogen (secondary N) is 1. The number of aliphatic hydroxyl groups is 1. The van der Waals surface area contributed by atoms with E-state index in [1.807, 2.05) is 6.92 Å². The van der Waals surface area contributed by atoms with E-state index < -0.39 is 6.10 Å². The number of fused-ring (bicyclic) bond motifs is 1. The molecule has 20 heavy (non-hydrogen) atoms. The minimum absolute atomic E-state index is 0.0124. The predicted octanol–water partition coefficient (Wildman–Crippen LogP) is 1.21. The number of carbonyl (C=O) groups excluding carboxylic acids is 1. The third kappa shape index (κ3) is 2.11. The molecule has 2 heterocycles. The molecule has 3 rings (SSSR count). The first-order valence-electron chi connectivity index (χ1n) is 7.76. The summed E-state index contributed by atoms with van der Waals surface area (Å²) in [4.78, 5) is 14.1. The Balaban J connectivity index is 1.59. The van der Waals surface area contributed by atoms with Crippen molar-refractivity contribution in [2.24, 2.45) is 17.3 Å². The number of urea groups is 1. The molecule has 0 aromatic rings. The van der Waals surface area contributed by atoms with Crippen molar-refractivity contribution in [1.29, 1.82) is 0 Å². The maximum absolute atomic E-state index is 12.4. The fraction of sp³-hybridized carbons (Fsp3) is 0.933. The van der Waals surface area contributed by atoms with Crippen LogP contribution in [0.3, 0.4) is 0 Å². The molecule has 2 N–H and O–H groups in total. The van der Waals surface area contributed by atoms with Gasteiger partial charge < -0.3 is 20.1 Å². The standard InChI is InChI=1S/C15H26N2O3/c1-9-4-6-17(8-11(9)18)14(19)16-12-10-5-7-20-13(10)15(12,2)3/h9-13,18H,4-8H2,1-3H3,(H,16,19). The zero-order valence-corrected chi connectivity index (χ0v) is 12.6. The highest BCUT2D eigenvalue weighted by molar-refractivity contribution is 5.75. The first-order valence-corrected chi connectivity index (χ1v) is 7.76. The zero-order chi connectivity index (χ0) is 14.5. The van der Waals surface area contributed by atoms with E-state index in [1.54, 1.807) is 4.90 Å². The van der Waals surface area contributed by atoms with E-state index in [1.165, 1.54) is 0 Å². The van der Waals surface area contributed by atoms with Crippen LogP contribution in [0.5, 0.6) is 0 Å². The van der Waals surface area contributed by atoms with Crippen molar-refractivity contribution in [2.45, 2.75) is 51.9 Å². The lowest BCUT2D eigenvalue weighted by Gasteiger charge is -2.55. The Bertz CT molecular complexity index is 399. The average Bonchev–Trinajstić information content (AvgIpc) is 2.85. The molecular weight excluding hydrogens is 256 g/mol. The van der Waals surface area contributed by atoms with Gasteiger partial charge in [-0.2, -0.15) is 0 Å². The number of amides is 2. The lowest BCUT2D eigenvalue weighted by molar-refractivity contribution is -0.109. The van der Waals surface area contributed by atoms with Crippen LogP contribution in [0, 0.1) is 17.3 Å². The monoisotopic (exact) mass is 282 g/mol. The van der Waals surface area contributed by atoms with Crippen LogP contribution in [0.15, 0.2) is 0 Å². The molecule has 0 aromatic carbocycles. The molecule has 1 aliphatic carbocycles. The Morgan fingerprint density at radius 2 is 2.15 bits per heavy atom. The maximum Gasteiger partial charge on any atom is 0.317 e. The molecule has 3 fully saturated rings. The minimum atomic E-state index is -0.397. The second-order valence-corrected chi connectivity index (χ2v) is 7.27. The van der Waals surface area contributed by atoms with Gasteiger partial charge in [0.15, 0.2) is 0 Å². The molecule has 114 valence electrons. The molecule has 0 radical (unpaired) electrons. The van der Waals surface area contributed by atoms with Crippen molar-refractivity contribution in [3.05, 3.63) is 0 Å². The SMILES string of the molecule is CC1CCN(C(=O)NC2C3CCOC3C2(C)C)CC1O. The van der Waals surface area contributed by atoms with Gasteiger partial charge in [0.25, 0.3) is 0 Å². The highest BCUT2D eigenvalue weighted by Gasteiger charge is 2.60. The van der Waals surface area contributed by atoms with Gasteiger partial charge >= 0.3 is 6.03 Å². The number of aliphatic hydroxyl groups excluding tert-OH is 1. The van der Waals surface area contributed by atoms with Gasteiger partial charge in [-0.1, -0.05) is 20.8 Å². The van der Waals surface area contributed by atoms with Gasteiger partial charge in [0.2, 0.25) is 0 Å². The van der Waals surface area contributed by atoms with Gasteiger partial charge in [0.1, 0.15) is 0 Å². The highest BCUT2D eigenvalue weighted by Crippen LogP contribution is 2.52. The van der Waals surface area contributed by atoms with Crippen molar-refractivity contribution < 1.29 is 14.6 Å². The summed E-state index contributed by atoms with van der Waals surface area (Å²) >= 11 is 0. The number of ether oxygens (including phenoxy) is 1. The van der Waals surface area contributed by atoms with Crippen molar-refractivity contribution in [3.63, 3.8) is 0 Å². The quantitative estimate of drug-likeness (QED) is 0.760. The molecule has 2 saturated heterocycles. The number of carbonyl (C=O) groups is 1. The number of hydrogen-bond acceptors (Lipinski definition) is 3. The van der Waals surface area contributed by atoms with Gasteiger partial charge in [-0.3, -0.25) is 0 Å². The van der Waals surface area contributed by atoms with Gasteiger partial charge in [0.05, 0.1) is 12.2 Å². The molecular formula is C15H26N2O3. The van der Waals surface area contributed by atoms with Crippen molar-refractivity contribution in [3.8, 4) is 0 Å². The molecule has 0 aromatic heterocycles. The van der Waals surface area contributed by atoms with Crippen molar-refractivity contribution in [1.82, 2.24) is 10.2 Å². The fourth-order valence-corrected chi connectivity index (χ4v) is 4.07. The summed E-state index contributed by atoms with van der Waals surface area (Å²) in [5.74, 6) is 0.745. The first kappa shape index (κ1) is 14.1. The molecule has 2 amide bonds. The number of likely N-dealkylation sites (tertiary alicyclic amines) is 1. The van der Waals surface area contributed by atoms with Crippen LogP contribution in [0.2, 0.25) is 0 Å². The Morgan fingerprint density at radius 3 is 2.85 bits per heavy atom. The third-order valence-electron chi connectivity index (χ3n) is 5.59. The normalized spacial score (nSPS) is 42.8. The maximum atomic E-state index is 12.4. The molecule has 1 saturated carbocycles. The second kappa shape index (κ2) is 4.88. The lowest BCUT2D eigenvalue weighted by atomic mass is 9.57. The predicted molar refractivity (Wildman–Crippen MR) is 75.3 cm³/mol. The summed E-state index contributed by atoms with van der Waals surface area (Å²) in [5, 5.41) is 13.1. The summed E-state index contributed by atoms with van der Waals surface area (Å²) < 4.78 is 5.75. The summed E-state index contributed by atoms with van der Waals surface area (Å²) in [6, 6.07) is 0.165. The number of β-amino-alcohol motifs (C(OH)–C–C–N with tert-alkyl or cyclic N) is 1. The molecule has 5 nitrogen and oxygen atoms in total. The van der Waals surface area contributed by atoms with Crippen LogP contribution >= 0.6 is 0 Å². The van der Waals surface area contributed by atoms with Gasteiger partial charge in [0, 0.05) is 37.1 Å². The summed E-state index contributed by atoms with van der Waals surface area (Å²) in [7, 11) is 0. The van der Waals surface area contributed by atoms with Gasteiger partial charge in [-0.25, -0.2) is 4.79 Å². The first-order chi connectivity index (χ1) is 9.41. The third-order valence-corrected chi connectivity index (χ3v) is 5.59. The number of piperidine rings is 1. The van der Waals surface area contributed by atoms with E-state index in [2.05, 4.69) is 19.2 Å². The van der Waals surface area contributed by atoms with Crippen LogP contribution in [-0.2, 0) is 4.74 Å². The second-order valence-electron chi connectivity index (χ2n) is 7.27. The Hall–Kier alpha value is -0.810. The molecule has 5 atom stereocenters. The largest absolute Gasteiger partial charge is 0.391 e. The molecule has 5 heteroatoms. The summed E-state index contributed by atoms with van der Waals surface area (Å²) in [6.45, 7) is 8.36. The Labute approximate surface area is 120 Å². The smallest absolute Gasteiger partial charge is 0.317 e. The lowest BCUT2D eigenvalue weighted by Crippen LogP contribution is -2.68. The zero-order valence-electron chi connectivity index (χ0n) is 12.6. The molecule has 0 bridgehead atoms. The van der Waals surface area contributed by atoms with E-state index >= 15 is 0 Å². The molecule has 2 aliphatic heterocycles. The Kier molecular flexibility index (Phi) is 3.45. The molecule has 3 aliphatic rings. The van der Waals surface area contributed by atoms with Gasteiger partial charge in [-0.05, 0) is 18.8 Å². The van der Waals surface area contributed by atoms with Crippen LogP contribution in [0.1, 0.15) is 33.6 Å². The number of nitrogens with zero attached hydrogens (tertiary/aromatic N) is 1. The topological polar surface area (TPSA) is 61.8 Å². The summed E-state index contributed by atoms with van der Waals surface area (Å²) in [5.41, 5.74) is 0.0124. The van der Waals surface area contributed by atoms with Crippen molar-refractivity contribution >= 4 is 6.03 Å². The average molecular weight is 282 g/mol. The van der Waals surface area contributed by atoms with Crippen LogP contribution < -0.4 is 5.32 Å². The van der Waals surface area contributed by atoms with E-state index in [4.69, 9.17) is 4.74 Å². The van der Waals surface area contributed by atoms with Gasteiger partial charge in [-0.15, -0.1) is 0 Å². The van der Waals surface area contributed by atoms with Crippen molar-refractivity contribution in [2.75, 3.05) is 19.7 Å². The van der Waals surface area contributed by atoms with Crippen LogP contribution in [0.4, 0.5) is 4.79 Å². The summed E-state index contributed by atoms with van der Waals surface area (Å²) in [6.07, 6.45) is 1.81. The van der Waals surface area contributed by atoms with E-state index in [-0.39, 0.29) is 23.4 Å². The highest BCUT2D eigenvalue weighted by atomic mass is 16.5. The van der Waals surface area contributed by atoms with E-state index in [0.717, 1.165) is 26.0 Å². The number of hydrogen-bond donors (Lipinski definition) is 2. The van der Waals surface area contributed by atoms with Crippen LogP contribution in [-0.4, -0.2) is 54.0 Å². The molecule has 5 unspecified atom stereocenters. The number of rotatable bonds is 1. The Morgan fingerprint density at radius 1 is 1.40 bits per heavy atom. The fourth-order valence-electron chi connectivity index (χ4n) is 4.07. The minimum Gasteiger partial charge on any atom is -0.391 e. The van der Waals surface area contributed by atoms with E-state index in [9.17, 15) is 9.90 Å². The van der Waals surface area contributed by atoms with Crippen LogP contribution in [0.25, 0.3) is 0 Å². The van der Waals surface area contributed by atoms with E-state index in [0.29, 0.717) is 18.6 Å².